The lowest BCUT2D eigenvalue weighted by molar-refractivity contribution is 0.0697. The number of carboxylic acids is 1. The van der Waals surface area contributed by atoms with E-state index in [-0.39, 0.29) is 11.1 Å². The van der Waals surface area contributed by atoms with Crippen LogP contribution in [0, 0.1) is 0 Å². The number of nitrogens with zero attached hydrogens (tertiary/aromatic N) is 1. The Bertz CT molecular complexity index is 830. The molecular formula is C16H12N2O3. The van der Waals surface area contributed by atoms with Gasteiger partial charge in [-0.2, -0.15) is 0 Å². The SMILES string of the molecule is O=C(O)c1ccc(-n2[nH]c(-c3ccccc3)cc2=O)cc1. The molecule has 1 aromatic heterocycles. The Morgan fingerprint density at radius 2 is 1.67 bits per heavy atom. The second-order valence-electron chi connectivity index (χ2n) is 4.56. The van der Waals surface area contributed by atoms with E-state index < -0.39 is 5.97 Å². The lowest BCUT2D eigenvalue weighted by Gasteiger charge is -2.03. The third-order valence-electron chi connectivity index (χ3n) is 3.18. The molecule has 0 aliphatic carbocycles. The summed E-state index contributed by atoms with van der Waals surface area (Å²) in [6.07, 6.45) is 0. The zero-order chi connectivity index (χ0) is 14.8. The Kier molecular flexibility index (Phi) is 3.16. The van der Waals surface area contributed by atoms with Crippen molar-refractivity contribution in [1.29, 1.82) is 0 Å². The molecule has 1 heterocycles. The van der Waals surface area contributed by atoms with Crippen LogP contribution < -0.4 is 5.56 Å². The maximum Gasteiger partial charge on any atom is 0.335 e. The van der Waals surface area contributed by atoms with Crippen LogP contribution in [-0.2, 0) is 0 Å². The largest absolute Gasteiger partial charge is 0.478 e. The maximum absolute atomic E-state index is 12.0. The van der Waals surface area contributed by atoms with Gasteiger partial charge in [-0.3, -0.25) is 9.89 Å². The molecule has 2 N–H and O–H groups in total. The Hall–Kier alpha value is -3.08. The molecule has 3 rings (SSSR count). The number of H-pyrrole nitrogens is 1. The van der Waals surface area contributed by atoms with Crippen molar-refractivity contribution < 1.29 is 9.90 Å². The average molecular weight is 280 g/mol. The summed E-state index contributed by atoms with van der Waals surface area (Å²) in [5, 5.41) is 11.9. The van der Waals surface area contributed by atoms with Crippen LogP contribution in [0.3, 0.4) is 0 Å². The van der Waals surface area contributed by atoms with Crippen molar-refractivity contribution in [2.24, 2.45) is 0 Å². The minimum absolute atomic E-state index is 0.182. The molecule has 104 valence electrons. The molecule has 0 aliphatic heterocycles. The van der Waals surface area contributed by atoms with E-state index in [4.69, 9.17) is 5.11 Å². The van der Waals surface area contributed by atoms with E-state index >= 15 is 0 Å². The highest BCUT2D eigenvalue weighted by Crippen LogP contribution is 2.16. The van der Waals surface area contributed by atoms with Crippen molar-refractivity contribution >= 4 is 5.97 Å². The van der Waals surface area contributed by atoms with Gasteiger partial charge >= 0.3 is 5.97 Å². The summed E-state index contributed by atoms with van der Waals surface area (Å²) in [6.45, 7) is 0. The third kappa shape index (κ3) is 2.49. The van der Waals surface area contributed by atoms with Gasteiger partial charge in [0.15, 0.2) is 0 Å². The van der Waals surface area contributed by atoms with Crippen LogP contribution in [0.1, 0.15) is 10.4 Å². The molecule has 0 spiro atoms. The summed E-state index contributed by atoms with van der Waals surface area (Å²) >= 11 is 0. The fourth-order valence-corrected chi connectivity index (χ4v) is 2.11. The Morgan fingerprint density at radius 1 is 1.00 bits per heavy atom. The zero-order valence-electron chi connectivity index (χ0n) is 11.0. The Morgan fingerprint density at radius 3 is 2.29 bits per heavy atom. The first-order valence-corrected chi connectivity index (χ1v) is 6.36. The smallest absolute Gasteiger partial charge is 0.335 e. The number of rotatable bonds is 3. The molecule has 0 radical (unpaired) electrons. The second-order valence-corrected chi connectivity index (χ2v) is 4.56. The van der Waals surface area contributed by atoms with Gasteiger partial charge in [0.2, 0.25) is 0 Å². The molecule has 0 bridgehead atoms. The Labute approximate surface area is 120 Å². The van der Waals surface area contributed by atoms with Gasteiger partial charge in [-0.05, 0) is 29.8 Å². The third-order valence-corrected chi connectivity index (χ3v) is 3.18. The number of aromatic nitrogens is 2. The predicted octanol–water partition coefficient (Wildman–Crippen LogP) is 2.53. The lowest BCUT2D eigenvalue weighted by atomic mass is 10.2. The van der Waals surface area contributed by atoms with Crippen molar-refractivity contribution in [1.82, 2.24) is 9.78 Å². The van der Waals surface area contributed by atoms with Crippen molar-refractivity contribution in [3.8, 4) is 16.9 Å². The average Bonchev–Trinajstić information content (AvgIpc) is 2.90. The number of aromatic amines is 1. The van der Waals surface area contributed by atoms with Gasteiger partial charge in [-0.15, -0.1) is 0 Å². The molecule has 0 saturated heterocycles. The van der Waals surface area contributed by atoms with E-state index in [0.29, 0.717) is 11.4 Å². The number of benzene rings is 2. The van der Waals surface area contributed by atoms with Gasteiger partial charge in [0, 0.05) is 6.07 Å². The summed E-state index contributed by atoms with van der Waals surface area (Å²) in [5.41, 5.74) is 2.20. The van der Waals surface area contributed by atoms with Crippen molar-refractivity contribution in [3.63, 3.8) is 0 Å². The maximum atomic E-state index is 12.0. The molecule has 0 saturated carbocycles. The molecule has 0 unspecified atom stereocenters. The summed E-state index contributed by atoms with van der Waals surface area (Å²) in [7, 11) is 0. The predicted molar refractivity (Wildman–Crippen MR) is 78.8 cm³/mol. The minimum atomic E-state index is -0.995. The molecule has 2 aromatic carbocycles. The van der Waals surface area contributed by atoms with Crippen molar-refractivity contribution in [3.05, 3.63) is 76.6 Å². The number of nitrogens with one attached hydrogen (secondary N) is 1. The summed E-state index contributed by atoms with van der Waals surface area (Å²) < 4.78 is 1.38. The van der Waals surface area contributed by atoms with E-state index in [0.717, 1.165) is 5.56 Å². The second kappa shape index (κ2) is 5.13. The highest BCUT2D eigenvalue weighted by Gasteiger charge is 2.08. The molecule has 5 nitrogen and oxygen atoms in total. The molecule has 0 fully saturated rings. The van der Waals surface area contributed by atoms with Gasteiger partial charge in [0.05, 0.1) is 16.9 Å². The van der Waals surface area contributed by atoms with Crippen LogP contribution in [0.4, 0.5) is 0 Å². The van der Waals surface area contributed by atoms with Crippen LogP contribution in [0.5, 0.6) is 0 Å². The van der Waals surface area contributed by atoms with Crippen molar-refractivity contribution in [2.45, 2.75) is 0 Å². The molecule has 5 heteroatoms. The van der Waals surface area contributed by atoms with Crippen LogP contribution in [0.25, 0.3) is 16.9 Å². The molecule has 3 aromatic rings. The van der Waals surface area contributed by atoms with E-state index in [9.17, 15) is 9.59 Å². The lowest BCUT2D eigenvalue weighted by Crippen LogP contribution is -2.13. The normalized spacial score (nSPS) is 10.5. The number of hydrogen-bond acceptors (Lipinski definition) is 2. The summed E-state index contributed by atoms with van der Waals surface area (Å²) in [5.74, 6) is -0.995. The van der Waals surface area contributed by atoms with Crippen molar-refractivity contribution in [2.75, 3.05) is 0 Å². The molecule has 21 heavy (non-hydrogen) atoms. The molecule has 0 atom stereocenters. The van der Waals surface area contributed by atoms with Gasteiger partial charge in [0.1, 0.15) is 0 Å². The number of carbonyl (C=O) groups is 1. The fraction of sp³-hybridized carbons (Fsp3) is 0. The zero-order valence-corrected chi connectivity index (χ0v) is 11.0. The van der Waals surface area contributed by atoms with Crippen LogP contribution >= 0.6 is 0 Å². The monoisotopic (exact) mass is 280 g/mol. The van der Waals surface area contributed by atoms with Gasteiger partial charge in [0.25, 0.3) is 5.56 Å². The van der Waals surface area contributed by atoms with Crippen LogP contribution in [0.2, 0.25) is 0 Å². The number of carboxylic acid groups (broad SMARTS) is 1. The minimum Gasteiger partial charge on any atom is -0.478 e. The summed E-state index contributed by atoms with van der Waals surface area (Å²) in [4.78, 5) is 22.9. The van der Waals surface area contributed by atoms with Gasteiger partial charge < -0.3 is 5.11 Å². The molecule has 0 aliphatic rings. The quantitative estimate of drug-likeness (QED) is 0.774. The number of aromatic carboxylic acids is 1. The highest BCUT2D eigenvalue weighted by atomic mass is 16.4. The molecule has 0 amide bonds. The Balaban J connectivity index is 2.02. The first-order valence-electron chi connectivity index (χ1n) is 6.36. The van der Waals surface area contributed by atoms with Crippen LogP contribution in [0.15, 0.2) is 65.5 Å². The number of hydrogen-bond donors (Lipinski definition) is 2. The van der Waals surface area contributed by atoms with Crippen LogP contribution in [-0.4, -0.2) is 20.9 Å². The topological polar surface area (TPSA) is 75.1 Å². The first kappa shape index (κ1) is 12.9. The molecular weight excluding hydrogens is 268 g/mol. The fourth-order valence-electron chi connectivity index (χ4n) is 2.11. The van der Waals surface area contributed by atoms with E-state index in [1.807, 2.05) is 30.3 Å². The van der Waals surface area contributed by atoms with E-state index in [1.54, 1.807) is 12.1 Å². The standard InChI is InChI=1S/C16H12N2O3/c19-15-10-14(11-4-2-1-3-5-11)17-18(15)13-8-6-12(7-9-13)16(20)21/h1-10,17H,(H,20,21). The van der Waals surface area contributed by atoms with E-state index in [1.165, 1.54) is 22.9 Å². The van der Waals surface area contributed by atoms with Gasteiger partial charge in [-0.25, -0.2) is 9.48 Å². The van der Waals surface area contributed by atoms with E-state index in [2.05, 4.69) is 5.10 Å². The highest BCUT2D eigenvalue weighted by molar-refractivity contribution is 5.87. The van der Waals surface area contributed by atoms with Gasteiger partial charge in [-0.1, -0.05) is 30.3 Å². The first-order chi connectivity index (χ1) is 10.1. The summed E-state index contributed by atoms with van der Waals surface area (Å²) in [6, 6.07) is 17.1.